The zero-order valence-electron chi connectivity index (χ0n) is 12.3. The average molecular weight is 255 g/mol. The van der Waals surface area contributed by atoms with Crippen molar-refractivity contribution in [1.82, 2.24) is 10.2 Å². The van der Waals surface area contributed by atoms with Crippen LogP contribution in [0.4, 0.5) is 0 Å². The van der Waals surface area contributed by atoms with Gasteiger partial charge >= 0.3 is 0 Å². The lowest BCUT2D eigenvalue weighted by molar-refractivity contribution is -0.130. The Kier molecular flexibility index (Phi) is 5.60. The first-order valence-corrected chi connectivity index (χ1v) is 7.15. The number of hydrogen-bond donors (Lipinski definition) is 2. The smallest absolute Gasteiger partial charge is 0.227 e. The summed E-state index contributed by atoms with van der Waals surface area (Å²) in [5.74, 6) is 0.700. The van der Waals surface area contributed by atoms with Crippen molar-refractivity contribution in [1.29, 1.82) is 0 Å². The summed E-state index contributed by atoms with van der Waals surface area (Å²) < 4.78 is 0. The number of hydrogen-bond acceptors (Lipinski definition) is 3. The van der Waals surface area contributed by atoms with Gasteiger partial charge in [-0.3, -0.25) is 4.79 Å². The van der Waals surface area contributed by atoms with Gasteiger partial charge in [0, 0.05) is 25.7 Å². The van der Waals surface area contributed by atoms with E-state index < -0.39 is 5.41 Å². The Morgan fingerprint density at radius 2 is 2.22 bits per heavy atom. The lowest BCUT2D eigenvalue weighted by atomic mass is 9.86. The van der Waals surface area contributed by atoms with E-state index in [4.69, 9.17) is 5.73 Å². The van der Waals surface area contributed by atoms with Crippen molar-refractivity contribution in [3.63, 3.8) is 0 Å². The minimum absolute atomic E-state index is 0.107. The van der Waals surface area contributed by atoms with Gasteiger partial charge in [-0.15, -0.1) is 0 Å². The zero-order chi connectivity index (χ0) is 13.8. The quantitative estimate of drug-likeness (QED) is 0.750. The van der Waals surface area contributed by atoms with Crippen molar-refractivity contribution in [2.24, 2.45) is 17.1 Å². The van der Waals surface area contributed by atoms with Gasteiger partial charge < -0.3 is 16.0 Å². The Labute approximate surface area is 111 Å². The van der Waals surface area contributed by atoms with E-state index in [1.165, 1.54) is 6.42 Å². The molecule has 1 heterocycles. The van der Waals surface area contributed by atoms with Crippen LogP contribution in [0.25, 0.3) is 0 Å². The van der Waals surface area contributed by atoms with Crippen molar-refractivity contribution >= 4 is 5.91 Å². The molecule has 106 valence electrons. The van der Waals surface area contributed by atoms with Gasteiger partial charge in [-0.1, -0.05) is 6.92 Å². The molecule has 1 aliphatic heterocycles. The molecule has 1 saturated heterocycles. The molecule has 0 bridgehead atoms. The van der Waals surface area contributed by atoms with Gasteiger partial charge in [0.2, 0.25) is 5.91 Å². The fraction of sp³-hybridized carbons (Fsp3) is 0.929. The van der Waals surface area contributed by atoms with Gasteiger partial charge in [-0.25, -0.2) is 0 Å². The Morgan fingerprint density at radius 1 is 1.56 bits per heavy atom. The molecule has 18 heavy (non-hydrogen) atoms. The summed E-state index contributed by atoms with van der Waals surface area (Å²) in [4.78, 5) is 14.6. The molecule has 1 fully saturated rings. The van der Waals surface area contributed by atoms with Crippen molar-refractivity contribution in [3.8, 4) is 0 Å². The summed E-state index contributed by atoms with van der Waals surface area (Å²) in [5, 5.41) is 3.08. The molecule has 0 spiro atoms. The maximum absolute atomic E-state index is 12.1. The molecule has 4 nitrogen and oxygen atoms in total. The third kappa shape index (κ3) is 3.69. The molecule has 2 unspecified atom stereocenters. The molecule has 1 rings (SSSR count). The number of rotatable bonds is 6. The Hall–Kier alpha value is -0.610. The predicted molar refractivity (Wildman–Crippen MR) is 75.3 cm³/mol. The topological polar surface area (TPSA) is 58.4 Å². The van der Waals surface area contributed by atoms with Crippen LogP contribution in [0.3, 0.4) is 0 Å². The van der Waals surface area contributed by atoms with Crippen molar-refractivity contribution in [2.45, 2.75) is 46.6 Å². The SMILES string of the molecule is CCC(C)(CN)C(=O)NCC1CCN(C(C)C)C1. The second-order valence-corrected chi connectivity index (χ2v) is 6.07. The maximum atomic E-state index is 12.1. The molecular weight excluding hydrogens is 226 g/mol. The average Bonchev–Trinajstić information content (AvgIpc) is 2.83. The van der Waals surface area contributed by atoms with Gasteiger partial charge in [0.05, 0.1) is 5.41 Å². The summed E-state index contributed by atoms with van der Waals surface area (Å²) in [5.41, 5.74) is 5.29. The van der Waals surface area contributed by atoms with Gasteiger partial charge in [0.25, 0.3) is 0 Å². The number of amides is 1. The van der Waals surface area contributed by atoms with Crippen molar-refractivity contribution < 1.29 is 4.79 Å². The Balaban J connectivity index is 2.36. The largest absolute Gasteiger partial charge is 0.355 e. The fourth-order valence-electron chi connectivity index (χ4n) is 2.35. The highest BCUT2D eigenvalue weighted by Crippen LogP contribution is 2.21. The van der Waals surface area contributed by atoms with E-state index in [0.717, 1.165) is 26.1 Å². The first-order valence-electron chi connectivity index (χ1n) is 7.15. The summed E-state index contributed by atoms with van der Waals surface area (Å²) in [6.45, 7) is 11.9. The highest BCUT2D eigenvalue weighted by atomic mass is 16.2. The Bertz CT molecular complexity index is 274. The molecule has 2 atom stereocenters. The van der Waals surface area contributed by atoms with Crippen LogP contribution < -0.4 is 11.1 Å². The van der Waals surface area contributed by atoms with Crippen LogP contribution in [0.15, 0.2) is 0 Å². The normalized spacial score (nSPS) is 24.2. The molecule has 0 aromatic rings. The van der Waals surface area contributed by atoms with E-state index in [1.807, 2.05) is 13.8 Å². The minimum Gasteiger partial charge on any atom is -0.355 e. The highest BCUT2D eigenvalue weighted by molar-refractivity contribution is 5.82. The lowest BCUT2D eigenvalue weighted by Crippen LogP contribution is -2.45. The number of nitrogens with one attached hydrogen (secondary N) is 1. The second kappa shape index (κ2) is 6.53. The van der Waals surface area contributed by atoms with E-state index in [0.29, 0.717) is 18.5 Å². The highest BCUT2D eigenvalue weighted by Gasteiger charge is 2.31. The first kappa shape index (κ1) is 15.4. The second-order valence-electron chi connectivity index (χ2n) is 6.07. The summed E-state index contributed by atoms with van der Waals surface area (Å²) in [6, 6.07) is 0.607. The predicted octanol–water partition coefficient (Wildman–Crippen LogP) is 1.21. The van der Waals surface area contributed by atoms with Crippen LogP contribution in [0.1, 0.15) is 40.5 Å². The van der Waals surface area contributed by atoms with Crippen LogP contribution in [-0.2, 0) is 4.79 Å². The third-order valence-corrected chi connectivity index (χ3v) is 4.38. The molecule has 0 aromatic carbocycles. The molecule has 4 heteroatoms. The van der Waals surface area contributed by atoms with Crippen LogP contribution in [0.5, 0.6) is 0 Å². The lowest BCUT2D eigenvalue weighted by Gasteiger charge is -2.26. The van der Waals surface area contributed by atoms with Gasteiger partial charge in [0.1, 0.15) is 0 Å². The Morgan fingerprint density at radius 3 is 2.67 bits per heavy atom. The third-order valence-electron chi connectivity index (χ3n) is 4.38. The fourth-order valence-corrected chi connectivity index (χ4v) is 2.35. The van der Waals surface area contributed by atoms with E-state index in [-0.39, 0.29) is 5.91 Å². The zero-order valence-corrected chi connectivity index (χ0v) is 12.3. The van der Waals surface area contributed by atoms with Crippen LogP contribution in [0, 0.1) is 11.3 Å². The molecule has 3 N–H and O–H groups in total. The maximum Gasteiger partial charge on any atom is 0.227 e. The van der Waals surface area contributed by atoms with Crippen molar-refractivity contribution in [3.05, 3.63) is 0 Å². The van der Waals surface area contributed by atoms with Crippen LogP contribution in [0.2, 0.25) is 0 Å². The van der Waals surface area contributed by atoms with E-state index in [1.54, 1.807) is 0 Å². The van der Waals surface area contributed by atoms with Gasteiger partial charge in [-0.2, -0.15) is 0 Å². The molecule has 1 amide bonds. The minimum atomic E-state index is -0.406. The number of likely N-dealkylation sites (tertiary alicyclic amines) is 1. The van der Waals surface area contributed by atoms with E-state index in [2.05, 4.69) is 24.1 Å². The number of nitrogens with zero attached hydrogens (tertiary/aromatic N) is 1. The van der Waals surface area contributed by atoms with E-state index >= 15 is 0 Å². The standard InChI is InChI=1S/C14H29N3O/c1-5-14(4,10-15)13(18)16-8-12-6-7-17(9-12)11(2)3/h11-12H,5-10,15H2,1-4H3,(H,16,18). The number of carbonyl (C=O) groups is 1. The van der Waals surface area contributed by atoms with Crippen LogP contribution >= 0.6 is 0 Å². The number of carbonyl (C=O) groups excluding carboxylic acids is 1. The molecule has 0 saturated carbocycles. The molecule has 0 radical (unpaired) electrons. The monoisotopic (exact) mass is 255 g/mol. The summed E-state index contributed by atoms with van der Waals surface area (Å²) >= 11 is 0. The summed E-state index contributed by atoms with van der Waals surface area (Å²) in [7, 11) is 0. The molecule has 1 aliphatic rings. The van der Waals surface area contributed by atoms with E-state index in [9.17, 15) is 4.79 Å². The summed E-state index contributed by atoms with van der Waals surface area (Å²) in [6.07, 6.45) is 1.97. The van der Waals surface area contributed by atoms with Crippen LogP contribution in [-0.4, -0.2) is 43.0 Å². The molecule has 0 aromatic heterocycles. The molecular formula is C14H29N3O. The first-order chi connectivity index (χ1) is 8.42. The van der Waals surface area contributed by atoms with Gasteiger partial charge in [-0.05, 0) is 46.1 Å². The number of nitrogens with two attached hydrogens (primary N) is 1. The van der Waals surface area contributed by atoms with Gasteiger partial charge in [0.15, 0.2) is 0 Å². The van der Waals surface area contributed by atoms with Crippen molar-refractivity contribution in [2.75, 3.05) is 26.2 Å². The molecule has 0 aliphatic carbocycles.